The van der Waals surface area contributed by atoms with Crippen molar-refractivity contribution in [2.75, 3.05) is 6.54 Å². The second-order valence-electron chi connectivity index (χ2n) is 4.50. The van der Waals surface area contributed by atoms with Gasteiger partial charge in [-0.15, -0.1) is 0 Å². The van der Waals surface area contributed by atoms with Gasteiger partial charge in [-0.3, -0.25) is 9.36 Å². The molecule has 7 heteroatoms. The van der Waals surface area contributed by atoms with Gasteiger partial charge < -0.3 is 15.4 Å². The molecule has 0 bridgehead atoms. The van der Waals surface area contributed by atoms with Crippen LogP contribution in [0.1, 0.15) is 22.8 Å². The molecular weight excluding hydrogens is 250 g/mol. The normalized spacial score (nSPS) is 18.7. The van der Waals surface area contributed by atoms with E-state index in [1.54, 1.807) is 6.07 Å². The molecule has 1 aliphatic heterocycles. The van der Waals surface area contributed by atoms with Crippen molar-refractivity contribution < 1.29 is 14.7 Å². The summed E-state index contributed by atoms with van der Waals surface area (Å²) in [5, 5.41) is 11.6. The van der Waals surface area contributed by atoms with Crippen LogP contribution < -0.4 is 11.0 Å². The lowest BCUT2D eigenvalue weighted by Crippen LogP contribution is -2.24. The third-order valence-corrected chi connectivity index (χ3v) is 3.29. The number of benzene rings is 1. The zero-order valence-electron chi connectivity index (χ0n) is 9.84. The number of imidazole rings is 1. The molecule has 98 valence electrons. The molecule has 1 unspecified atom stereocenters. The van der Waals surface area contributed by atoms with Crippen LogP contribution in [0, 0.1) is 0 Å². The molecule has 1 amide bonds. The fourth-order valence-electron chi connectivity index (χ4n) is 2.39. The molecule has 3 N–H and O–H groups in total. The largest absolute Gasteiger partial charge is 0.478 e. The van der Waals surface area contributed by atoms with Gasteiger partial charge in [0.05, 0.1) is 22.6 Å². The molecule has 1 atom stereocenters. The smallest absolute Gasteiger partial charge is 0.335 e. The van der Waals surface area contributed by atoms with Gasteiger partial charge in [-0.25, -0.2) is 9.59 Å². The molecule has 0 radical (unpaired) electrons. The first-order valence-corrected chi connectivity index (χ1v) is 5.80. The third kappa shape index (κ3) is 1.79. The first kappa shape index (κ1) is 11.5. The van der Waals surface area contributed by atoms with Crippen LogP contribution >= 0.6 is 0 Å². The monoisotopic (exact) mass is 261 g/mol. The van der Waals surface area contributed by atoms with Crippen molar-refractivity contribution in [3.05, 3.63) is 34.2 Å². The molecule has 0 spiro atoms. The van der Waals surface area contributed by atoms with Gasteiger partial charge in [0.25, 0.3) is 0 Å². The molecular formula is C12H11N3O4. The number of H-pyrrole nitrogens is 1. The number of fused-ring (bicyclic) bond motifs is 1. The van der Waals surface area contributed by atoms with Gasteiger partial charge in [-0.2, -0.15) is 0 Å². The van der Waals surface area contributed by atoms with Gasteiger partial charge in [0, 0.05) is 13.0 Å². The summed E-state index contributed by atoms with van der Waals surface area (Å²) in [4.78, 5) is 36.8. The van der Waals surface area contributed by atoms with Gasteiger partial charge in [-0.05, 0) is 18.2 Å². The molecule has 1 fully saturated rings. The Morgan fingerprint density at radius 1 is 1.37 bits per heavy atom. The Balaban J connectivity index is 2.19. The van der Waals surface area contributed by atoms with Crippen molar-refractivity contribution in [3.63, 3.8) is 0 Å². The maximum Gasteiger partial charge on any atom is 0.335 e. The number of aromatic carboxylic acids is 1. The van der Waals surface area contributed by atoms with Crippen molar-refractivity contribution >= 4 is 22.9 Å². The minimum absolute atomic E-state index is 0.109. The predicted molar refractivity (Wildman–Crippen MR) is 66.2 cm³/mol. The molecule has 0 aliphatic carbocycles. The number of hydrogen-bond acceptors (Lipinski definition) is 3. The standard InChI is InChI=1S/C12H11N3O4/c16-10-4-7(5-13-10)15-9-3-6(11(17)18)1-2-8(9)14-12(15)19/h1-3,7H,4-5H2,(H,13,16)(H,14,19)(H,17,18). The summed E-state index contributed by atoms with van der Waals surface area (Å²) >= 11 is 0. The Morgan fingerprint density at radius 2 is 2.16 bits per heavy atom. The SMILES string of the molecule is O=C1CC(n2c(=O)[nH]c3ccc(C(=O)O)cc32)CN1. The number of aromatic nitrogens is 2. The third-order valence-electron chi connectivity index (χ3n) is 3.29. The maximum absolute atomic E-state index is 11.9. The average molecular weight is 261 g/mol. The molecule has 1 aliphatic rings. The number of carboxylic acid groups (broad SMARTS) is 1. The van der Waals surface area contributed by atoms with Crippen LogP contribution in [0.5, 0.6) is 0 Å². The fraction of sp³-hybridized carbons (Fsp3) is 0.250. The molecule has 3 rings (SSSR count). The molecule has 2 aromatic rings. The Morgan fingerprint density at radius 3 is 2.79 bits per heavy atom. The van der Waals surface area contributed by atoms with Crippen LogP contribution in [0.2, 0.25) is 0 Å². The van der Waals surface area contributed by atoms with Crippen molar-refractivity contribution in [1.29, 1.82) is 0 Å². The van der Waals surface area contributed by atoms with E-state index in [0.717, 1.165) is 0 Å². The minimum Gasteiger partial charge on any atom is -0.478 e. The number of amides is 1. The number of aromatic amines is 1. The van der Waals surface area contributed by atoms with Crippen LogP contribution in [0.25, 0.3) is 11.0 Å². The van der Waals surface area contributed by atoms with Crippen LogP contribution in [0.3, 0.4) is 0 Å². The van der Waals surface area contributed by atoms with E-state index in [-0.39, 0.29) is 29.6 Å². The van der Waals surface area contributed by atoms with E-state index in [9.17, 15) is 14.4 Å². The Kier molecular flexibility index (Phi) is 2.41. The average Bonchev–Trinajstić information content (AvgIpc) is 2.90. The number of nitrogens with zero attached hydrogens (tertiary/aromatic N) is 1. The number of carbonyl (C=O) groups is 2. The van der Waals surface area contributed by atoms with Gasteiger partial charge in [0.1, 0.15) is 0 Å². The number of carbonyl (C=O) groups excluding carboxylic acids is 1. The van der Waals surface area contributed by atoms with Crippen LogP contribution in [0.4, 0.5) is 0 Å². The second-order valence-corrected chi connectivity index (χ2v) is 4.50. The maximum atomic E-state index is 11.9. The quantitative estimate of drug-likeness (QED) is 0.712. The van der Waals surface area contributed by atoms with Gasteiger partial charge in [-0.1, -0.05) is 0 Å². The molecule has 2 heterocycles. The van der Waals surface area contributed by atoms with E-state index in [1.807, 2.05) is 0 Å². The van der Waals surface area contributed by atoms with Crippen LogP contribution in [0.15, 0.2) is 23.0 Å². The number of hydrogen-bond donors (Lipinski definition) is 3. The van der Waals surface area contributed by atoms with Gasteiger partial charge in [0.2, 0.25) is 5.91 Å². The lowest BCUT2D eigenvalue weighted by molar-refractivity contribution is -0.119. The Hall–Kier alpha value is -2.57. The molecule has 7 nitrogen and oxygen atoms in total. The first-order chi connectivity index (χ1) is 9.06. The predicted octanol–water partition coefficient (Wildman–Crippen LogP) is 0.0888. The fourth-order valence-corrected chi connectivity index (χ4v) is 2.39. The van der Waals surface area contributed by atoms with Crippen LogP contribution in [-0.2, 0) is 4.79 Å². The van der Waals surface area contributed by atoms with E-state index in [0.29, 0.717) is 17.6 Å². The number of rotatable bonds is 2. The highest BCUT2D eigenvalue weighted by Crippen LogP contribution is 2.21. The van der Waals surface area contributed by atoms with Gasteiger partial charge in [0.15, 0.2) is 0 Å². The van der Waals surface area contributed by atoms with E-state index in [2.05, 4.69) is 10.3 Å². The van der Waals surface area contributed by atoms with E-state index in [1.165, 1.54) is 16.7 Å². The van der Waals surface area contributed by atoms with E-state index in [4.69, 9.17) is 5.11 Å². The van der Waals surface area contributed by atoms with Gasteiger partial charge >= 0.3 is 11.7 Å². The zero-order valence-corrected chi connectivity index (χ0v) is 9.84. The molecule has 19 heavy (non-hydrogen) atoms. The van der Waals surface area contributed by atoms with Crippen molar-refractivity contribution in [2.24, 2.45) is 0 Å². The lowest BCUT2D eigenvalue weighted by Gasteiger charge is -2.09. The molecule has 0 saturated carbocycles. The summed E-state index contributed by atoms with van der Waals surface area (Å²) in [6.45, 7) is 0.378. The Bertz CT molecular complexity index is 743. The summed E-state index contributed by atoms with van der Waals surface area (Å²) in [7, 11) is 0. The summed E-state index contributed by atoms with van der Waals surface area (Å²) < 4.78 is 1.44. The summed E-state index contributed by atoms with van der Waals surface area (Å²) in [5.74, 6) is -1.16. The molecule has 1 saturated heterocycles. The Labute approximate surface area is 106 Å². The zero-order chi connectivity index (χ0) is 13.6. The minimum atomic E-state index is -1.05. The molecule has 1 aromatic carbocycles. The summed E-state index contributed by atoms with van der Waals surface area (Å²) in [6, 6.07) is 4.15. The second kappa shape index (κ2) is 3.98. The topological polar surface area (TPSA) is 104 Å². The first-order valence-electron chi connectivity index (χ1n) is 5.80. The van der Waals surface area contributed by atoms with Crippen molar-refractivity contribution in [2.45, 2.75) is 12.5 Å². The summed E-state index contributed by atoms with van der Waals surface area (Å²) in [5.41, 5.74) is 0.845. The number of nitrogens with one attached hydrogen (secondary N) is 2. The summed E-state index contributed by atoms with van der Waals surface area (Å²) in [6.07, 6.45) is 0.226. The van der Waals surface area contributed by atoms with Crippen molar-refractivity contribution in [1.82, 2.24) is 14.9 Å². The van der Waals surface area contributed by atoms with Crippen LogP contribution in [-0.4, -0.2) is 33.1 Å². The highest BCUT2D eigenvalue weighted by molar-refractivity contribution is 5.92. The molecule has 1 aromatic heterocycles. The highest BCUT2D eigenvalue weighted by Gasteiger charge is 2.26. The van der Waals surface area contributed by atoms with E-state index < -0.39 is 5.97 Å². The van der Waals surface area contributed by atoms with Crippen molar-refractivity contribution in [3.8, 4) is 0 Å². The van der Waals surface area contributed by atoms with E-state index >= 15 is 0 Å². The highest BCUT2D eigenvalue weighted by atomic mass is 16.4. The number of carboxylic acids is 1. The lowest BCUT2D eigenvalue weighted by atomic mass is 10.2.